The zero-order valence-electron chi connectivity index (χ0n) is 16.7. The summed E-state index contributed by atoms with van der Waals surface area (Å²) in [5, 5.41) is 0. The molecule has 2 aromatic carbocycles. The summed E-state index contributed by atoms with van der Waals surface area (Å²) in [6.07, 6.45) is 6.36. The molecule has 32 heavy (non-hydrogen) atoms. The Labute approximate surface area is 188 Å². The lowest BCUT2D eigenvalue weighted by Gasteiger charge is -2.22. The molecule has 166 valence electrons. The van der Waals surface area contributed by atoms with Crippen LogP contribution in [0.15, 0.2) is 77.6 Å². The molecule has 0 saturated carbocycles. The first kappa shape index (κ1) is 21.9. The SMILES string of the molecule is CN(Cc1ccc(F)cc1F)C(=O)c1ccccc1NS(=O)(=O)C1=CC=CN2SNC=C12. The van der Waals surface area contributed by atoms with Gasteiger partial charge >= 0.3 is 0 Å². The number of para-hydroxylation sites is 1. The number of nitrogens with one attached hydrogen (secondary N) is 2. The molecule has 0 fully saturated rings. The molecule has 11 heteroatoms. The van der Waals surface area contributed by atoms with Crippen molar-refractivity contribution in [2.75, 3.05) is 11.8 Å². The van der Waals surface area contributed by atoms with Crippen LogP contribution in [-0.2, 0) is 16.6 Å². The molecule has 0 aliphatic carbocycles. The Hall–Kier alpha value is -3.31. The third-order valence-corrected chi connectivity index (χ3v) is 6.92. The molecule has 7 nitrogen and oxygen atoms in total. The van der Waals surface area contributed by atoms with E-state index in [2.05, 4.69) is 9.44 Å². The molecule has 0 atom stereocenters. The van der Waals surface area contributed by atoms with Crippen molar-refractivity contribution in [1.29, 1.82) is 0 Å². The number of allylic oxidation sites excluding steroid dienone is 2. The van der Waals surface area contributed by atoms with Gasteiger partial charge in [-0.25, -0.2) is 17.2 Å². The molecule has 0 unspecified atom stereocenters. The second-order valence-electron chi connectivity index (χ2n) is 6.98. The Balaban J connectivity index is 1.58. The number of hydrogen-bond donors (Lipinski definition) is 2. The molecule has 2 aliphatic rings. The Morgan fingerprint density at radius 3 is 2.78 bits per heavy atom. The summed E-state index contributed by atoms with van der Waals surface area (Å²) in [6.45, 7) is -0.118. The maximum Gasteiger partial charge on any atom is 0.264 e. The van der Waals surface area contributed by atoms with Crippen molar-refractivity contribution < 1.29 is 22.0 Å². The van der Waals surface area contributed by atoms with E-state index >= 15 is 0 Å². The molecule has 0 aromatic heterocycles. The number of carbonyl (C=O) groups is 1. The molecule has 0 saturated heterocycles. The number of rotatable bonds is 6. The van der Waals surface area contributed by atoms with Gasteiger partial charge in [-0.3, -0.25) is 13.8 Å². The van der Waals surface area contributed by atoms with Gasteiger partial charge in [-0.05, 0) is 30.4 Å². The lowest BCUT2D eigenvalue weighted by atomic mass is 10.1. The molecule has 0 spiro atoms. The summed E-state index contributed by atoms with van der Waals surface area (Å²) >= 11 is 1.22. The summed E-state index contributed by atoms with van der Waals surface area (Å²) in [6, 6.07) is 9.27. The first-order chi connectivity index (χ1) is 15.3. The van der Waals surface area contributed by atoms with E-state index in [1.807, 2.05) is 0 Å². The van der Waals surface area contributed by atoms with Gasteiger partial charge in [0, 0.05) is 37.6 Å². The van der Waals surface area contributed by atoms with Crippen LogP contribution in [0.1, 0.15) is 15.9 Å². The van der Waals surface area contributed by atoms with Crippen LogP contribution in [0.25, 0.3) is 0 Å². The topological polar surface area (TPSA) is 81.8 Å². The van der Waals surface area contributed by atoms with Gasteiger partial charge in [-0.2, -0.15) is 0 Å². The van der Waals surface area contributed by atoms with Crippen LogP contribution >= 0.6 is 12.1 Å². The fourth-order valence-electron chi connectivity index (χ4n) is 3.20. The van der Waals surface area contributed by atoms with E-state index in [4.69, 9.17) is 0 Å². The molecule has 0 radical (unpaired) electrons. The highest BCUT2D eigenvalue weighted by Crippen LogP contribution is 2.34. The summed E-state index contributed by atoms with van der Waals surface area (Å²) in [4.78, 5) is 14.3. The second kappa shape index (κ2) is 8.67. The molecular formula is C21H18F2N4O3S2. The van der Waals surface area contributed by atoms with Gasteiger partial charge in [0.25, 0.3) is 15.9 Å². The van der Waals surface area contributed by atoms with Gasteiger partial charge in [-0.15, -0.1) is 0 Å². The van der Waals surface area contributed by atoms with Crippen LogP contribution in [-0.4, -0.2) is 30.6 Å². The summed E-state index contributed by atoms with van der Waals surface area (Å²) in [7, 11) is -2.57. The molecule has 0 bridgehead atoms. The van der Waals surface area contributed by atoms with Crippen LogP contribution in [0.3, 0.4) is 0 Å². The Morgan fingerprint density at radius 2 is 2.00 bits per heavy atom. The van der Waals surface area contributed by atoms with E-state index < -0.39 is 27.6 Å². The first-order valence-corrected chi connectivity index (χ1v) is 11.6. The predicted octanol–water partition coefficient (Wildman–Crippen LogP) is 3.70. The van der Waals surface area contributed by atoms with E-state index in [0.29, 0.717) is 5.70 Å². The standard InChI is InChI=1S/C21H18F2N4O3S2/c1-26(13-14-8-9-15(22)11-17(14)23)21(28)16-5-2-3-6-18(16)25-32(29,30)20-7-4-10-27-19(20)12-24-31-27/h2-12,24-25H,13H2,1H3. The number of nitrogens with zero attached hydrogens (tertiary/aromatic N) is 2. The van der Waals surface area contributed by atoms with Crippen LogP contribution < -0.4 is 9.44 Å². The van der Waals surface area contributed by atoms with E-state index in [-0.39, 0.29) is 28.3 Å². The zero-order valence-corrected chi connectivity index (χ0v) is 18.4. The maximum absolute atomic E-state index is 14.0. The third kappa shape index (κ3) is 4.34. The maximum atomic E-state index is 14.0. The minimum atomic E-state index is -4.02. The first-order valence-electron chi connectivity index (χ1n) is 9.38. The largest absolute Gasteiger partial charge is 0.337 e. The van der Waals surface area contributed by atoms with Gasteiger partial charge in [-0.1, -0.05) is 18.2 Å². The van der Waals surface area contributed by atoms with E-state index in [0.717, 1.165) is 12.1 Å². The third-order valence-electron chi connectivity index (χ3n) is 4.77. The number of carbonyl (C=O) groups excluding carboxylic acids is 1. The number of sulfonamides is 1. The minimum absolute atomic E-state index is 0.0430. The lowest BCUT2D eigenvalue weighted by Crippen LogP contribution is -2.28. The van der Waals surface area contributed by atoms with Crippen molar-refractivity contribution in [3.63, 3.8) is 0 Å². The van der Waals surface area contributed by atoms with Crippen molar-refractivity contribution in [3.05, 3.63) is 100 Å². The number of halogens is 2. The van der Waals surface area contributed by atoms with Crippen LogP contribution in [0.4, 0.5) is 14.5 Å². The van der Waals surface area contributed by atoms with Crippen LogP contribution in [0, 0.1) is 11.6 Å². The monoisotopic (exact) mass is 476 g/mol. The van der Waals surface area contributed by atoms with Crippen LogP contribution in [0.2, 0.25) is 0 Å². The highest BCUT2D eigenvalue weighted by atomic mass is 32.2. The smallest absolute Gasteiger partial charge is 0.264 e. The highest BCUT2D eigenvalue weighted by molar-refractivity contribution is 7.97. The molecular weight excluding hydrogens is 458 g/mol. The van der Waals surface area contributed by atoms with Crippen molar-refractivity contribution in [2.24, 2.45) is 0 Å². The number of hydrogen-bond acceptors (Lipinski definition) is 6. The minimum Gasteiger partial charge on any atom is -0.337 e. The summed E-state index contributed by atoms with van der Waals surface area (Å²) < 4.78 is 60.3. The van der Waals surface area contributed by atoms with Gasteiger partial charge in [0.15, 0.2) is 0 Å². The number of anilines is 1. The van der Waals surface area contributed by atoms with Crippen molar-refractivity contribution in [3.8, 4) is 0 Å². The lowest BCUT2D eigenvalue weighted by molar-refractivity contribution is 0.0785. The van der Waals surface area contributed by atoms with E-state index in [9.17, 15) is 22.0 Å². The number of amides is 1. The molecule has 2 N–H and O–H groups in total. The zero-order chi connectivity index (χ0) is 22.9. The molecule has 2 aromatic rings. The van der Waals surface area contributed by atoms with E-state index in [1.54, 1.807) is 34.9 Å². The van der Waals surface area contributed by atoms with Gasteiger partial charge in [0.1, 0.15) is 16.5 Å². The summed E-state index contributed by atoms with van der Waals surface area (Å²) in [5.41, 5.74) is 0.776. The predicted molar refractivity (Wildman–Crippen MR) is 119 cm³/mol. The van der Waals surface area contributed by atoms with Gasteiger partial charge in [0.2, 0.25) is 0 Å². The van der Waals surface area contributed by atoms with Gasteiger partial charge in [0.05, 0.1) is 29.1 Å². The van der Waals surface area contributed by atoms with Crippen molar-refractivity contribution >= 4 is 33.8 Å². The Bertz CT molecular complexity index is 1280. The quantitative estimate of drug-likeness (QED) is 0.619. The number of benzene rings is 2. The van der Waals surface area contributed by atoms with E-state index in [1.165, 1.54) is 48.4 Å². The molecule has 2 aliphatic heterocycles. The normalized spacial score (nSPS) is 14.9. The fraction of sp³-hybridized carbons (Fsp3) is 0.0952. The highest BCUT2D eigenvalue weighted by Gasteiger charge is 2.30. The molecule has 1 amide bonds. The Kier molecular flexibility index (Phi) is 5.94. The fourth-order valence-corrected chi connectivity index (χ4v) is 5.19. The molecule has 2 heterocycles. The van der Waals surface area contributed by atoms with Crippen molar-refractivity contribution in [2.45, 2.75) is 6.54 Å². The second-order valence-corrected chi connectivity index (χ2v) is 9.45. The number of fused-ring (bicyclic) bond motifs is 1. The average Bonchev–Trinajstić information content (AvgIpc) is 3.24. The van der Waals surface area contributed by atoms with Gasteiger partial charge < -0.3 is 9.62 Å². The Morgan fingerprint density at radius 1 is 1.22 bits per heavy atom. The molecule has 4 rings (SSSR count). The van der Waals surface area contributed by atoms with Crippen LogP contribution in [0.5, 0.6) is 0 Å². The summed E-state index contributed by atoms with van der Waals surface area (Å²) in [5.74, 6) is -2.00. The van der Waals surface area contributed by atoms with Crippen molar-refractivity contribution in [1.82, 2.24) is 13.9 Å². The average molecular weight is 477 g/mol.